The molecule has 0 spiro atoms. The lowest BCUT2D eigenvalue weighted by Crippen LogP contribution is -2.39. The van der Waals surface area contributed by atoms with Gasteiger partial charge in [0.2, 0.25) is 0 Å². The fourth-order valence-corrected chi connectivity index (χ4v) is 4.00. The summed E-state index contributed by atoms with van der Waals surface area (Å²) in [5.74, 6) is 1.40. The Morgan fingerprint density at radius 2 is 1.88 bits per heavy atom. The lowest BCUT2D eigenvalue weighted by molar-refractivity contribution is 0.206. The van der Waals surface area contributed by atoms with Crippen LogP contribution in [0.4, 0.5) is 10.5 Å². The van der Waals surface area contributed by atoms with Gasteiger partial charge in [0.1, 0.15) is 17.8 Å². The Bertz CT molecular complexity index is 1250. The van der Waals surface area contributed by atoms with Crippen molar-refractivity contribution in [1.29, 1.82) is 0 Å². The number of anilines is 1. The van der Waals surface area contributed by atoms with Crippen LogP contribution in [-0.4, -0.2) is 49.1 Å². The van der Waals surface area contributed by atoms with Crippen LogP contribution >= 0.6 is 0 Å². The molecule has 1 N–H and O–H groups in total. The molecule has 5 rings (SSSR count). The minimum Gasteiger partial charge on any atom is -0.497 e. The zero-order valence-electron chi connectivity index (χ0n) is 17.9. The smallest absolute Gasteiger partial charge is 0.322 e. The van der Waals surface area contributed by atoms with Gasteiger partial charge in [0.05, 0.1) is 13.7 Å². The Kier molecular flexibility index (Phi) is 5.06. The quantitative estimate of drug-likeness (QED) is 0.538. The Hall–Kier alpha value is -4.14. The highest BCUT2D eigenvalue weighted by molar-refractivity contribution is 5.89. The first kappa shape index (κ1) is 19.8. The molecule has 2 aromatic carbocycles. The van der Waals surface area contributed by atoms with Gasteiger partial charge in [-0.25, -0.2) is 4.79 Å². The number of amides is 2. The Morgan fingerprint density at radius 1 is 1.09 bits per heavy atom. The normalized spacial score (nSPS) is 13.0. The molecule has 4 aromatic rings. The molecule has 0 fully saturated rings. The van der Waals surface area contributed by atoms with E-state index < -0.39 is 0 Å². The molecule has 9 heteroatoms. The number of hydrogen-bond acceptors (Lipinski definition) is 5. The van der Waals surface area contributed by atoms with E-state index in [1.165, 1.54) is 0 Å². The number of nitrogens with zero attached hydrogens (tertiary/aromatic N) is 6. The maximum Gasteiger partial charge on any atom is 0.322 e. The van der Waals surface area contributed by atoms with Gasteiger partial charge in [-0.1, -0.05) is 18.2 Å². The monoisotopic (exact) mass is 429 g/mol. The summed E-state index contributed by atoms with van der Waals surface area (Å²) in [5, 5.41) is 16.2. The van der Waals surface area contributed by atoms with E-state index in [-0.39, 0.29) is 6.03 Å². The molecule has 162 valence electrons. The van der Waals surface area contributed by atoms with Gasteiger partial charge in [0.25, 0.3) is 0 Å². The highest BCUT2D eigenvalue weighted by Crippen LogP contribution is 2.30. The summed E-state index contributed by atoms with van der Waals surface area (Å²) in [6, 6.07) is 17.0. The molecule has 2 amide bonds. The molecule has 0 saturated carbocycles. The molecule has 1 aliphatic heterocycles. The van der Waals surface area contributed by atoms with Crippen molar-refractivity contribution >= 4 is 11.7 Å². The number of rotatable bonds is 4. The summed E-state index contributed by atoms with van der Waals surface area (Å²) in [4.78, 5) is 14.7. The number of benzene rings is 2. The fourth-order valence-electron chi connectivity index (χ4n) is 4.00. The van der Waals surface area contributed by atoms with Crippen molar-refractivity contribution in [3.63, 3.8) is 0 Å². The first-order valence-corrected chi connectivity index (χ1v) is 10.3. The molecular weight excluding hydrogens is 406 g/mol. The summed E-state index contributed by atoms with van der Waals surface area (Å²) in [6.07, 6.45) is 2.40. The Balaban J connectivity index is 1.42. The molecule has 1 aliphatic rings. The SMILES string of the molecule is COc1ccc(NC(=O)N2CCc3c(c(-c4nncn4-c4ccccc4)nn3C)C2)cc1. The second-order valence-electron chi connectivity index (χ2n) is 7.59. The van der Waals surface area contributed by atoms with E-state index >= 15 is 0 Å². The van der Waals surface area contributed by atoms with Gasteiger partial charge in [-0.15, -0.1) is 10.2 Å². The summed E-state index contributed by atoms with van der Waals surface area (Å²) >= 11 is 0. The maximum absolute atomic E-state index is 12.9. The van der Waals surface area contributed by atoms with Gasteiger partial charge in [0, 0.05) is 42.6 Å². The van der Waals surface area contributed by atoms with Crippen molar-refractivity contribution in [3.8, 4) is 23.0 Å². The molecule has 0 aliphatic carbocycles. The number of methoxy groups -OCH3 is 1. The van der Waals surface area contributed by atoms with Crippen molar-refractivity contribution in [2.24, 2.45) is 7.05 Å². The van der Waals surface area contributed by atoms with E-state index in [2.05, 4.69) is 15.5 Å². The summed E-state index contributed by atoms with van der Waals surface area (Å²) in [7, 11) is 3.54. The van der Waals surface area contributed by atoms with E-state index in [9.17, 15) is 4.79 Å². The van der Waals surface area contributed by atoms with Gasteiger partial charge < -0.3 is 15.0 Å². The van der Waals surface area contributed by atoms with Gasteiger partial charge in [-0.05, 0) is 36.4 Å². The predicted octanol–water partition coefficient (Wildman–Crippen LogP) is 3.27. The van der Waals surface area contributed by atoms with Gasteiger partial charge in [-0.2, -0.15) is 5.10 Å². The van der Waals surface area contributed by atoms with Crippen LogP contribution in [0.2, 0.25) is 0 Å². The van der Waals surface area contributed by atoms with Gasteiger partial charge >= 0.3 is 6.03 Å². The van der Waals surface area contributed by atoms with E-state index in [4.69, 9.17) is 9.84 Å². The Labute approximate surface area is 185 Å². The standard InChI is InChI=1S/C23H23N7O2/c1-28-20-12-13-29(23(31)25-16-8-10-18(32-2)11-9-16)14-19(20)21(27-28)22-26-24-15-30(22)17-6-4-3-5-7-17/h3-11,15H,12-14H2,1-2H3,(H,25,31). The van der Waals surface area contributed by atoms with Crippen LogP contribution in [0.3, 0.4) is 0 Å². The molecule has 2 aromatic heterocycles. The summed E-state index contributed by atoms with van der Waals surface area (Å²) in [6.45, 7) is 1.06. The Morgan fingerprint density at radius 3 is 2.62 bits per heavy atom. The molecule has 32 heavy (non-hydrogen) atoms. The number of para-hydroxylation sites is 1. The molecule has 9 nitrogen and oxygen atoms in total. The summed E-state index contributed by atoms with van der Waals surface area (Å²) in [5.41, 5.74) is 4.52. The average molecular weight is 429 g/mol. The van der Waals surface area contributed by atoms with Crippen LogP contribution in [0, 0.1) is 0 Å². The van der Waals surface area contributed by atoms with Crippen molar-refractivity contribution in [2.75, 3.05) is 19.0 Å². The zero-order chi connectivity index (χ0) is 22.1. The van der Waals surface area contributed by atoms with E-state index in [0.29, 0.717) is 25.3 Å². The third-order valence-corrected chi connectivity index (χ3v) is 5.66. The molecule has 3 heterocycles. The van der Waals surface area contributed by atoms with Gasteiger partial charge in [0.15, 0.2) is 5.82 Å². The van der Waals surface area contributed by atoms with Crippen LogP contribution in [0.15, 0.2) is 60.9 Å². The third-order valence-electron chi connectivity index (χ3n) is 5.66. The van der Waals surface area contributed by atoms with E-state index in [1.807, 2.05) is 70.9 Å². The predicted molar refractivity (Wildman–Crippen MR) is 120 cm³/mol. The fraction of sp³-hybridized carbons (Fsp3) is 0.217. The molecule has 0 radical (unpaired) electrons. The van der Waals surface area contributed by atoms with Crippen molar-refractivity contribution < 1.29 is 9.53 Å². The lowest BCUT2D eigenvalue weighted by atomic mass is 10.0. The molecule has 0 atom stereocenters. The third kappa shape index (κ3) is 3.58. The largest absolute Gasteiger partial charge is 0.497 e. The first-order chi connectivity index (χ1) is 15.6. The topological polar surface area (TPSA) is 90.1 Å². The molecule has 0 bridgehead atoms. The number of hydrogen-bond donors (Lipinski definition) is 1. The molecule has 0 saturated heterocycles. The van der Waals surface area contributed by atoms with Crippen LogP contribution in [0.1, 0.15) is 11.3 Å². The lowest BCUT2D eigenvalue weighted by Gasteiger charge is -2.27. The first-order valence-electron chi connectivity index (χ1n) is 10.3. The number of nitrogens with one attached hydrogen (secondary N) is 1. The van der Waals surface area contributed by atoms with Crippen molar-refractivity contribution in [3.05, 3.63) is 72.2 Å². The second kappa shape index (κ2) is 8.18. The highest BCUT2D eigenvalue weighted by Gasteiger charge is 2.29. The molecular formula is C23H23N7O2. The van der Waals surface area contributed by atoms with Gasteiger partial charge in [-0.3, -0.25) is 9.25 Å². The zero-order valence-corrected chi connectivity index (χ0v) is 17.9. The number of ether oxygens (including phenoxy) is 1. The van der Waals surface area contributed by atoms with Crippen LogP contribution in [-0.2, 0) is 20.0 Å². The molecule has 0 unspecified atom stereocenters. The number of fused-ring (bicyclic) bond motifs is 1. The van der Waals surface area contributed by atoms with Crippen LogP contribution in [0.5, 0.6) is 5.75 Å². The minimum absolute atomic E-state index is 0.153. The van der Waals surface area contributed by atoms with E-state index in [0.717, 1.165) is 34.1 Å². The van der Waals surface area contributed by atoms with Crippen LogP contribution in [0.25, 0.3) is 17.2 Å². The minimum atomic E-state index is -0.153. The number of aromatic nitrogens is 5. The van der Waals surface area contributed by atoms with E-state index in [1.54, 1.807) is 18.3 Å². The number of aryl methyl sites for hydroxylation is 1. The maximum atomic E-state index is 12.9. The second-order valence-corrected chi connectivity index (χ2v) is 7.59. The average Bonchev–Trinajstić information content (AvgIpc) is 3.44. The number of carbonyl (C=O) groups excluding carboxylic acids is 1. The van der Waals surface area contributed by atoms with Crippen LogP contribution < -0.4 is 10.1 Å². The number of urea groups is 1. The van der Waals surface area contributed by atoms with Crippen molar-refractivity contribution in [2.45, 2.75) is 13.0 Å². The number of carbonyl (C=O) groups is 1. The summed E-state index contributed by atoms with van der Waals surface area (Å²) < 4.78 is 8.97. The highest BCUT2D eigenvalue weighted by atomic mass is 16.5. The van der Waals surface area contributed by atoms with Crippen molar-refractivity contribution in [1.82, 2.24) is 29.4 Å².